The van der Waals surface area contributed by atoms with Crippen molar-refractivity contribution in [3.05, 3.63) is 23.8 Å². The van der Waals surface area contributed by atoms with Crippen LogP contribution in [0.15, 0.2) is 23.8 Å². The summed E-state index contributed by atoms with van der Waals surface area (Å²) < 4.78 is 0. The highest BCUT2D eigenvalue weighted by molar-refractivity contribution is 5.73. The van der Waals surface area contributed by atoms with Crippen molar-refractivity contribution < 1.29 is 4.79 Å². The van der Waals surface area contributed by atoms with Crippen LogP contribution >= 0.6 is 0 Å². The summed E-state index contributed by atoms with van der Waals surface area (Å²) in [5, 5.41) is 0. The fourth-order valence-corrected chi connectivity index (χ4v) is 1.97. The molecule has 1 nitrogen and oxygen atoms in total. The van der Waals surface area contributed by atoms with Gasteiger partial charge in [-0.25, -0.2) is 0 Å². The standard InChI is InChI=1S/C10H12O/c11-8-9-3-1-4-10(7-9)5-2-6-10/h2-3,5,8H,1,4,6-7H2. The molecule has 0 saturated heterocycles. The lowest BCUT2D eigenvalue weighted by Gasteiger charge is -2.38. The van der Waals surface area contributed by atoms with Gasteiger partial charge in [0.05, 0.1) is 0 Å². The number of carbonyl (C=O) groups is 1. The first kappa shape index (κ1) is 6.84. The Bertz CT molecular complexity index is 237. The maximum absolute atomic E-state index is 10.5. The van der Waals surface area contributed by atoms with Crippen molar-refractivity contribution in [2.75, 3.05) is 0 Å². The van der Waals surface area contributed by atoms with Crippen molar-refractivity contribution in [3.63, 3.8) is 0 Å². The third-order valence-electron chi connectivity index (χ3n) is 2.75. The lowest BCUT2D eigenvalue weighted by atomic mass is 9.66. The third kappa shape index (κ3) is 1.05. The van der Waals surface area contributed by atoms with Crippen LogP contribution in [0.5, 0.6) is 0 Å². The highest BCUT2D eigenvalue weighted by atomic mass is 16.1. The SMILES string of the molecule is O=CC1=CCCC2(C=CC2)C1. The molecule has 0 aromatic heterocycles. The van der Waals surface area contributed by atoms with E-state index in [-0.39, 0.29) is 0 Å². The summed E-state index contributed by atoms with van der Waals surface area (Å²) in [7, 11) is 0. The van der Waals surface area contributed by atoms with Crippen LogP contribution in [0.2, 0.25) is 0 Å². The number of allylic oxidation sites excluding steroid dienone is 4. The summed E-state index contributed by atoms with van der Waals surface area (Å²) in [5.41, 5.74) is 1.39. The fraction of sp³-hybridized carbons (Fsp3) is 0.500. The summed E-state index contributed by atoms with van der Waals surface area (Å²) in [4.78, 5) is 10.5. The molecule has 1 unspecified atom stereocenters. The molecule has 0 bridgehead atoms. The van der Waals surface area contributed by atoms with Gasteiger partial charge in [-0.2, -0.15) is 0 Å². The van der Waals surface area contributed by atoms with Gasteiger partial charge in [0.25, 0.3) is 0 Å². The van der Waals surface area contributed by atoms with Crippen molar-refractivity contribution in [2.45, 2.75) is 25.7 Å². The molecule has 1 heteroatoms. The van der Waals surface area contributed by atoms with E-state index in [0.717, 1.165) is 24.7 Å². The summed E-state index contributed by atoms with van der Waals surface area (Å²) >= 11 is 0. The molecular weight excluding hydrogens is 136 g/mol. The molecule has 1 atom stereocenters. The summed E-state index contributed by atoms with van der Waals surface area (Å²) in [6.45, 7) is 0. The second-order valence-corrected chi connectivity index (χ2v) is 3.58. The maximum atomic E-state index is 10.5. The molecule has 0 fully saturated rings. The van der Waals surface area contributed by atoms with Gasteiger partial charge < -0.3 is 0 Å². The third-order valence-corrected chi connectivity index (χ3v) is 2.75. The first-order chi connectivity index (χ1) is 5.35. The monoisotopic (exact) mass is 148 g/mol. The minimum absolute atomic E-state index is 0.394. The average molecular weight is 148 g/mol. The molecule has 0 aromatic rings. The van der Waals surface area contributed by atoms with Gasteiger partial charge in [-0.1, -0.05) is 18.2 Å². The molecular formula is C10H12O. The molecule has 2 rings (SSSR count). The fourth-order valence-electron chi connectivity index (χ4n) is 1.97. The Morgan fingerprint density at radius 2 is 2.36 bits per heavy atom. The summed E-state index contributed by atoms with van der Waals surface area (Å²) in [5.74, 6) is 0. The van der Waals surface area contributed by atoms with Crippen LogP contribution in [-0.2, 0) is 4.79 Å². The highest BCUT2D eigenvalue weighted by Gasteiger charge is 2.33. The Kier molecular flexibility index (Phi) is 1.45. The Hall–Kier alpha value is -0.850. The summed E-state index contributed by atoms with van der Waals surface area (Å²) in [6, 6.07) is 0. The number of hydrogen-bond donors (Lipinski definition) is 0. The number of hydrogen-bond acceptors (Lipinski definition) is 1. The molecule has 0 radical (unpaired) electrons. The summed E-state index contributed by atoms with van der Waals surface area (Å²) in [6.07, 6.45) is 12.0. The molecule has 11 heavy (non-hydrogen) atoms. The van der Waals surface area contributed by atoms with Crippen LogP contribution in [0.1, 0.15) is 25.7 Å². The zero-order valence-electron chi connectivity index (χ0n) is 6.55. The molecule has 2 aliphatic carbocycles. The quantitative estimate of drug-likeness (QED) is 0.411. The number of rotatable bonds is 1. The molecule has 0 heterocycles. The lowest BCUT2D eigenvalue weighted by molar-refractivity contribution is -0.105. The van der Waals surface area contributed by atoms with E-state index in [1.165, 1.54) is 12.8 Å². The van der Waals surface area contributed by atoms with Crippen molar-refractivity contribution >= 4 is 6.29 Å². The zero-order valence-corrected chi connectivity index (χ0v) is 6.55. The van der Waals surface area contributed by atoms with Crippen LogP contribution in [0.25, 0.3) is 0 Å². The lowest BCUT2D eigenvalue weighted by Crippen LogP contribution is -2.26. The molecule has 0 amide bonds. The van der Waals surface area contributed by atoms with E-state index < -0.39 is 0 Å². The highest BCUT2D eigenvalue weighted by Crippen LogP contribution is 2.45. The number of carbonyl (C=O) groups excluding carboxylic acids is 1. The first-order valence-electron chi connectivity index (χ1n) is 4.17. The normalized spacial score (nSPS) is 34.7. The van der Waals surface area contributed by atoms with Gasteiger partial charge in [-0.15, -0.1) is 0 Å². The van der Waals surface area contributed by atoms with Gasteiger partial charge in [-0.05, 0) is 36.7 Å². The molecule has 0 saturated carbocycles. The second kappa shape index (κ2) is 2.33. The van der Waals surface area contributed by atoms with Crippen molar-refractivity contribution in [2.24, 2.45) is 5.41 Å². The van der Waals surface area contributed by atoms with E-state index in [1.807, 2.05) is 0 Å². The van der Waals surface area contributed by atoms with E-state index >= 15 is 0 Å². The molecule has 0 N–H and O–H groups in total. The Balaban J connectivity index is 2.15. The smallest absolute Gasteiger partial charge is 0.145 e. The van der Waals surface area contributed by atoms with Crippen LogP contribution in [0.4, 0.5) is 0 Å². The second-order valence-electron chi connectivity index (χ2n) is 3.58. The van der Waals surface area contributed by atoms with Crippen LogP contribution < -0.4 is 0 Å². The minimum Gasteiger partial charge on any atom is -0.298 e. The van der Waals surface area contributed by atoms with Crippen LogP contribution in [0.3, 0.4) is 0 Å². The van der Waals surface area contributed by atoms with Crippen molar-refractivity contribution in [3.8, 4) is 0 Å². The Morgan fingerprint density at radius 3 is 2.91 bits per heavy atom. The van der Waals surface area contributed by atoms with Gasteiger partial charge >= 0.3 is 0 Å². The molecule has 2 aliphatic rings. The largest absolute Gasteiger partial charge is 0.298 e. The van der Waals surface area contributed by atoms with E-state index in [9.17, 15) is 4.79 Å². The minimum atomic E-state index is 0.394. The van der Waals surface area contributed by atoms with Crippen LogP contribution in [0, 0.1) is 5.41 Å². The molecule has 1 spiro atoms. The average Bonchev–Trinajstić information content (AvgIpc) is 2.02. The van der Waals surface area contributed by atoms with E-state index in [1.54, 1.807) is 0 Å². The van der Waals surface area contributed by atoms with Crippen molar-refractivity contribution in [1.29, 1.82) is 0 Å². The van der Waals surface area contributed by atoms with Crippen molar-refractivity contribution in [1.82, 2.24) is 0 Å². The maximum Gasteiger partial charge on any atom is 0.145 e. The Labute approximate surface area is 66.8 Å². The van der Waals surface area contributed by atoms with Gasteiger partial charge in [0.15, 0.2) is 0 Å². The van der Waals surface area contributed by atoms with Gasteiger partial charge in [0.2, 0.25) is 0 Å². The predicted octanol–water partition coefficient (Wildman–Crippen LogP) is 2.24. The van der Waals surface area contributed by atoms with Gasteiger partial charge in [-0.3, -0.25) is 4.79 Å². The first-order valence-corrected chi connectivity index (χ1v) is 4.17. The topological polar surface area (TPSA) is 17.1 Å². The van der Waals surface area contributed by atoms with Crippen LogP contribution in [-0.4, -0.2) is 6.29 Å². The van der Waals surface area contributed by atoms with E-state index in [0.29, 0.717) is 5.41 Å². The van der Waals surface area contributed by atoms with Gasteiger partial charge in [0.1, 0.15) is 6.29 Å². The molecule has 58 valence electrons. The number of aldehydes is 1. The van der Waals surface area contributed by atoms with E-state index in [4.69, 9.17) is 0 Å². The zero-order chi connectivity index (χ0) is 7.73. The predicted molar refractivity (Wildman–Crippen MR) is 44.2 cm³/mol. The van der Waals surface area contributed by atoms with E-state index in [2.05, 4.69) is 18.2 Å². The Morgan fingerprint density at radius 1 is 1.55 bits per heavy atom. The van der Waals surface area contributed by atoms with Gasteiger partial charge in [0, 0.05) is 0 Å². The molecule has 0 aromatic carbocycles. The molecule has 0 aliphatic heterocycles.